The Balaban J connectivity index is 2.23. The van der Waals surface area contributed by atoms with Crippen LogP contribution in [-0.4, -0.2) is 8.42 Å². The lowest BCUT2D eigenvalue weighted by Gasteiger charge is -2.26. The molecule has 0 bridgehead atoms. The molecule has 0 saturated carbocycles. The predicted molar refractivity (Wildman–Crippen MR) is 141 cm³/mol. The van der Waals surface area contributed by atoms with E-state index in [1.54, 1.807) is 0 Å². The summed E-state index contributed by atoms with van der Waals surface area (Å²) in [6.45, 7) is 12.5. The van der Waals surface area contributed by atoms with E-state index < -0.39 is 16.1 Å². The van der Waals surface area contributed by atoms with Crippen LogP contribution in [0, 0.1) is 0 Å². The van der Waals surface area contributed by atoms with Crippen LogP contribution in [0.2, 0.25) is 0 Å². The van der Waals surface area contributed by atoms with Crippen molar-refractivity contribution in [2.45, 2.75) is 70.2 Å². The highest BCUT2D eigenvalue weighted by Crippen LogP contribution is 2.37. The second kappa shape index (κ2) is 10.5. The maximum absolute atomic E-state index is 14.1. The summed E-state index contributed by atoms with van der Waals surface area (Å²) in [6, 6.07) is 21.1. The van der Waals surface area contributed by atoms with Gasteiger partial charge in [0.05, 0.1) is 10.9 Å². The van der Waals surface area contributed by atoms with Gasteiger partial charge in [-0.1, -0.05) is 118 Å². The first-order valence-corrected chi connectivity index (χ1v) is 13.8. The Bertz CT molecular complexity index is 1170. The molecule has 0 aliphatic rings. The van der Waals surface area contributed by atoms with Gasteiger partial charge < -0.3 is 0 Å². The minimum Gasteiger partial charge on any atom is -0.207 e. The van der Waals surface area contributed by atoms with Gasteiger partial charge in [0, 0.05) is 4.47 Å². The molecule has 3 aromatic rings. The van der Waals surface area contributed by atoms with Gasteiger partial charge >= 0.3 is 0 Å². The number of benzene rings is 3. The first-order chi connectivity index (χ1) is 15.5. The van der Waals surface area contributed by atoms with Gasteiger partial charge in [0.25, 0.3) is 0 Å². The maximum Gasteiger partial charge on any atom is 0.242 e. The van der Waals surface area contributed by atoms with Crippen LogP contribution in [0.1, 0.15) is 93.2 Å². The van der Waals surface area contributed by atoms with Crippen LogP contribution in [-0.2, 0) is 10.0 Å². The van der Waals surface area contributed by atoms with Gasteiger partial charge in [-0.05, 0) is 51.6 Å². The maximum atomic E-state index is 14.1. The van der Waals surface area contributed by atoms with Gasteiger partial charge in [0.15, 0.2) is 0 Å². The average molecular weight is 529 g/mol. The van der Waals surface area contributed by atoms with E-state index in [0.717, 1.165) is 26.7 Å². The summed E-state index contributed by atoms with van der Waals surface area (Å²) in [6.07, 6.45) is 0. The lowest BCUT2D eigenvalue weighted by atomic mass is 9.89. The third-order valence-corrected chi connectivity index (χ3v) is 8.25. The summed E-state index contributed by atoms with van der Waals surface area (Å²) >= 11 is 3.62. The van der Waals surface area contributed by atoms with E-state index in [2.05, 4.69) is 74.3 Å². The molecule has 0 saturated heterocycles. The number of halogens is 1. The van der Waals surface area contributed by atoms with Crippen LogP contribution in [0.15, 0.2) is 76.1 Å². The molecular weight excluding hydrogens is 494 g/mol. The van der Waals surface area contributed by atoms with Crippen molar-refractivity contribution in [2.75, 3.05) is 0 Å². The van der Waals surface area contributed by atoms with Crippen molar-refractivity contribution >= 4 is 26.0 Å². The van der Waals surface area contributed by atoms with E-state index in [9.17, 15) is 8.42 Å². The Labute approximate surface area is 207 Å². The standard InChI is InChI=1S/C28H34BrNO2S/c1-18(2)22-16-24(19(3)4)28(25(17-22)20(5)6)33(31,32)30-27(21-12-8-7-9-13-21)23-14-10-11-15-26(23)29/h7-20,27,30H,1-6H3/t27-/m1/s1. The highest BCUT2D eigenvalue weighted by molar-refractivity contribution is 9.10. The molecule has 176 valence electrons. The number of hydrogen-bond donors (Lipinski definition) is 1. The smallest absolute Gasteiger partial charge is 0.207 e. The summed E-state index contributed by atoms with van der Waals surface area (Å²) in [5, 5.41) is 0. The van der Waals surface area contributed by atoms with E-state index in [0.29, 0.717) is 10.8 Å². The summed E-state index contributed by atoms with van der Waals surface area (Å²) in [4.78, 5) is 0.421. The van der Waals surface area contributed by atoms with E-state index in [4.69, 9.17) is 0 Å². The number of nitrogens with one attached hydrogen (secondary N) is 1. The highest BCUT2D eigenvalue weighted by atomic mass is 79.9. The second-order valence-corrected chi connectivity index (χ2v) is 12.0. The predicted octanol–water partition coefficient (Wildman–Crippen LogP) is 7.89. The van der Waals surface area contributed by atoms with Crippen LogP contribution < -0.4 is 4.72 Å². The molecule has 0 heterocycles. The lowest BCUT2D eigenvalue weighted by Crippen LogP contribution is -2.31. The van der Waals surface area contributed by atoms with Gasteiger partial charge in [-0.2, -0.15) is 4.72 Å². The van der Waals surface area contributed by atoms with Gasteiger partial charge in [-0.3, -0.25) is 0 Å². The largest absolute Gasteiger partial charge is 0.242 e. The number of hydrogen-bond acceptors (Lipinski definition) is 2. The molecule has 0 spiro atoms. The Morgan fingerprint density at radius 2 is 1.18 bits per heavy atom. The van der Waals surface area contributed by atoms with E-state index in [1.807, 2.05) is 54.6 Å². The van der Waals surface area contributed by atoms with Crippen molar-refractivity contribution in [2.24, 2.45) is 0 Å². The minimum atomic E-state index is -3.84. The minimum absolute atomic E-state index is 0.0754. The lowest BCUT2D eigenvalue weighted by molar-refractivity contribution is 0.566. The zero-order valence-electron chi connectivity index (χ0n) is 20.3. The Morgan fingerprint density at radius 3 is 1.67 bits per heavy atom. The first-order valence-electron chi connectivity index (χ1n) is 11.5. The van der Waals surface area contributed by atoms with Gasteiger partial charge in [0.1, 0.15) is 0 Å². The topological polar surface area (TPSA) is 46.2 Å². The van der Waals surface area contributed by atoms with E-state index in [-0.39, 0.29) is 11.8 Å². The highest BCUT2D eigenvalue weighted by Gasteiger charge is 2.30. The molecule has 1 N–H and O–H groups in total. The average Bonchev–Trinajstić information content (AvgIpc) is 2.77. The monoisotopic (exact) mass is 527 g/mol. The van der Waals surface area contributed by atoms with Crippen molar-refractivity contribution in [3.63, 3.8) is 0 Å². The molecule has 0 aromatic heterocycles. The molecule has 5 heteroatoms. The molecular formula is C28H34BrNO2S. The fourth-order valence-corrected chi connectivity index (χ4v) is 6.49. The third-order valence-electron chi connectivity index (χ3n) is 5.97. The molecule has 1 atom stereocenters. The fraction of sp³-hybridized carbons (Fsp3) is 0.357. The fourth-order valence-electron chi connectivity index (χ4n) is 4.08. The summed E-state index contributed by atoms with van der Waals surface area (Å²) in [5.41, 5.74) is 4.69. The van der Waals surface area contributed by atoms with Crippen LogP contribution in [0.3, 0.4) is 0 Å². The molecule has 33 heavy (non-hydrogen) atoms. The van der Waals surface area contributed by atoms with Crippen LogP contribution >= 0.6 is 15.9 Å². The molecule has 0 amide bonds. The zero-order valence-corrected chi connectivity index (χ0v) is 22.7. The van der Waals surface area contributed by atoms with Gasteiger partial charge in [-0.15, -0.1) is 0 Å². The van der Waals surface area contributed by atoms with Gasteiger partial charge in [0.2, 0.25) is 10.0 Å². The third kappa shape index (κ3) is 5.76. The molecule has 0 unspecified atom stereocenters. The first kappa shape index (κ1) is 25.7. The molecule has 0 fully saturated rings. The molecule has 0 aliphatic heterocycles. The molecule has 0 aliphatic carbocycles. The zero-order chi connectivity index (χ0) is 24.3. The Hall–Kier alpha value is -1.95. The van der Waals surface area contributed by atoms with Crippen molar-refractivity contribution in [3.05, 3.63) is 99.0 Å². The SMILES string of the molecule is CC(C)c1cc(C(C)C)c(S(=O)(=O)N[C@H](c2ccccc2)c2ccccc2Br)c(C(C)C)c1. The normalized spacial score (nSPS) is 13.2. The van der Waals surface area contributed by atoms with Crippen molar-refractivity contribution in [3.8, 4) is 0 Å². The van der Waals surface area contributed by atoms with E-state index in [1.165, 1.54) is 5.56 Å². The van der Waals surface area contributed by atoms with Gasteiger partial charge in [-0.25, -0.2) is 8.42 Å². The summed E-state index contributed by atoms with van der Waals surface area (Å²) < 4.78 is 32.1. The molecule has 3 nitrogen and oxygen atoms in total. The quantitative estimate of drug-likeness (QED) is 0.323. The van der Waals surface area contributed by atoms with Crippen LogP contribution in [0.25, 0.3) is 0 Å². The Morgan fingerprint density at radius 1 is 0.667 bits per heavy atom. The van der Waals surface area contributed by atoms with Crippen molar-refractivity contribution in [1.29, 1.82) is 0 Å². The number of rotatable bonds is 8. The molecule has 0 radical (unpaired) electrons. The van der Waals surface area contributed by atoms with E-state index >= 15 is 0 Å². The molecule has 3 aromatic carbocycles. The number of sulfonamides is 1. The summed E-state index contributed by atoms with van der Waals surface area (Å²) in [5.74, 6) is 0.472. The molecule has 3 rings (SSSR count). The van der Waals surface area contributed by atoms with Crippen LogP contribution in [0.4, 0.5) is 0 Å². The van der Waals surface area contributed by atoms with Crippen molar-refractivity contribution in [1.82, 2.24) is 4.72 Å². The Kier molecular flexibility index (Phi) is 8.20. The van der Waals surface area contributed by atoms with Crippen LogP contribution in [0.5, 0.6) is 0 Å². The van der Waals surface area contributed by atoms with Crippen molar-refractivity contribution < 1.29 is 8.42 Å². The summed E-state index contributed by atoms with van der Waals surface area (Å²) in [7, 11) is -3.84. The second-order valence-electron chi connectivity index (χ2n) is 9.48.